The molecule has 0 radical (unpaired) electrons. The van der Waals surface area contributed by atoms with Crippen molar-refractivity contribution in [3.63, 3.8) is 0 Å². The Kier molecular flexibility index (Phi) is 6.53. The zero-order chi connectivity index (χ0) is 20.8. The lowest BCUT2D eigenvalue weighted by molar-refractivity contribution is -0.127. The van der Waals surface area contributed by atoms with Crippen LogP contribution in [0, 0.1) is 0 Å². The van der Waals surface area contributed by atoms with Gasteiger partial charge in [0.15, 0.2) is 5.69 Å². The molecule has 0 unspecified atom stereocenters. The molecule has 3 aromatic rings. The average Bonchev–Trinajstić information content (AvgIpc) is 3.49. The number of amides is 2. The Labute approximate surface area is 179 Å². The highest BCUT2D eigenvalue weighted by molar-refractivity contribution is 7.03. The van der Waals surface area contributed by atoms with Crippen LogP contribution in [0.15, 0.2) is 58.5 Å². The summed E-state index contributed by atoms with van der Waals surface area (Å²) in [5, 5.41) is 8.71. The summed E-state index contributed by atoms with van der Waals surface area (Å²) in [6.07, 6.45) is 6.92. The fraction of sp³-hybridized carbons (Fsp3) is 0.364. The zero-order valence-electron chi connectivity index (χ0n) is 16.6. The molecule has 4 rings (SSSR count). The molecule has 0 saturated heterocycles. The highest BCUT2D eigenvalue weighted by Crippen LogP contribution is 2.27. The predicted molar refractivity (Wildman–Crippen MR) is 113 cm³/mol. The molecule has 0 spiro atoms. The lowest BCUT2D eigenvalue weighted by Gasteiger charge is -2.32. The Morgan fingerprint density at radius 2 is 1.93 bits per heavy atom. The summed E-state index contributed by atoms with van der Waals surface area (Å²) >= 11 is 1.11. The number of hydrogen-bond donors (Lipinski definition) is 1. The van der Waals surface area contributed by atoms with E-state index in [1.165, 1.54) is 11.3 Å². The maximum Gasteiger partial charge on any atom is 0.276 e. The smallest absolute Gasteiger partial charge is 0.276 e. The molecular weight excluding hydrogens is 400 g/mol. The minimum absolute atomic E-state index is 0.138. The Hall–Kier alpha value is -3.00. The Morgan fingerprint density at radius 1 is 1.13 bits per heavy atom. The van der Waals surface area contributed by atoms with Crippen LogP contribution in [0.5, 0.6) is 0 Å². The number of rotatable bonds is 7. The van der Waals surface area contributed by atoms with Gasteiger partial charge in [0, 0.05) is 11.4 Å². The second-order valence-electron chi connectivity index (χ2n) is 7.46. The standard InChI is InChI=1S/C22H24N4O3S/c27-21(23-17-10-5-2-6-11-17)20(16-8-3-1-4-9-16)26(14-18-12-7-13-29-18)22(28)19-15-30-25-24-19/h1,3-4,7-9,12-13,15,17,20H,2,5-6,10-11,14H2,(H,23,27)/t20-/m0/s1. The molecule has 2 heterocycles. The highest BCUT2D eigenvalue weighted by atomic mass is 32.1. The molecule has 2 amide bonds. The van der Waals surface area contributed by atoms with E-state index in [-0.39, 0.29) is 30.1 Å². The molecule has 1 aliphatic rings. The third-order valence-corrected chi connectivity index (χ3v) is 5.88. The first kappa shape index (κ1) is 20.3. The number of aromatic nitrogens is 2. The van der Waals surface area contributed by atoms with Gasteiger partial charge >= 0.3 is 0 Å². The minimum atomic E-state index is -0.799. The van der Waals surface area contributed by atoms with Crippen molar-refractivity contribution < 1.29 is 14.0 Å². The number of carbonyl (C=O) groups excluding carboxylic acids is 2. The number of hydrogen-bond acceptors (Lipinski definition) is 6. The molecule has 1 aromatic carbocycles. The molecule has 156 valence electrons. The maximum absolute atomic E-state index is 13.5. The van der Waals surface area contributed by atoms with Crippen LogP contribution < -0.4 is 5.32 Å². The van der Waals surface area contributed by atoms with Gasteiger partial charge in [-0.05, 0) is 42.1 Å². The normalized spacial score (nSPS) is 15.5. The van der Waals surface area contributed by atoms with E-state index in [1.807, 2.05) is 30.3 Å². The largest absolute Gasteiger partial charge is 0.467 e. The van der Waals surface area contributed by atoms with Crippen LogP contribution in [0.2, 0.25) is 0 Å². The van der Waals surface area contributed by atoms with Crippen LogP contribution in [0.25, 0.3) is 0 Å². The number of benzene rings is 1. The second-order valence-corrected chi connectivity index (χ2v) is 8.07. The topological polar surface area (TPSA) is 88.3 Å². The van der Waals surface area contributed by atoms with E-state index >= 15 is 0 Å². The van der Waals surface area contributed by atoms with E-state index in [2.05, 4.69) is 14.9 Å². The molecule has 2 aromatic heterocycles. The molecule has 30 heavy (non-hydrogen) atoms. The number of furan rings is 1. The van der Waals surface area contributed by atoms with Crippen molar-refractivity contribution in [2.24, 2.45) is 0 Å². The van der Waals surface area contributed by atoms with Crippen LogP contribution in [0.3, 0.4) is 0 Å². The van der Waals surface area contributed by atoms with Gasteiger partial charge in [-0.15, -0.1) is 5.10 Å². The quantitative estimate of drug-likeness (QED) is 0.620. The number of carbonyl (C=O) groups is 2. The summed E-state index contributed by atoms with van der Waals surface area (Å²) in [5.74, 6) is 0.0573. The lowest BCUT2D eigenvalue weighted by atomic mass is 9.94. The summed E-state index contributed by atoms with van der Waals surface area (Å²) in [6, 6.07) is 12.3. The van der Waals surface area contributed by atoms with Crippen molar-refractivity contribution in [3.05, 3.63) is 71.1 Å². The fourth-order valence-corrected chi connectivity index (χ4v) is 4.32. The van der Waals surface area contributed by atoms with E-state index in [0.717, 1.165) is 42.8 Å². The summed E-state index contributed by atoms with van der Waals surface area (Å²) in [4.78, 5) is 28.4. The van der Waals surface area contributed by atoms with Gasteiger partial charge in [0.25, 0.3) is 5.91 Å². The van der Waals surface area contributed by atoms with Gasteiger partial charge in [-0.1, -0.05) is 54.1 Å². The monoisotopic (exact) mass is 424 g/mol. The first-order chi connectivity index (χ1) is 14.7. The van der Waals surface area contributed by atoms with Crippen molar-refractivity contribution in [1.82, 2.24) is 19.8 Å². The zero-order valence-corrected chi connectivity index (χ0v) is 17.4. The first-order valence-electron chi connectivity index (χ1n) is 10.2. The molecule has 8 heteroatoms. The highest BCUT2D eigenvalue weighted by Gasteiger charge is 2.34. The van der Waals surface area contributed by atoms with Gasteiger partial charge < -0.3 is 14.6 Å². The summed E-state index contributed by atoms with van der Waals surface area (Å²) in [5.41, 5.74) is 0.965. The van der Waals surface area contributed by atoms with E-state index < -0.39 is 6.04 Å². The molecule has 1 saturated carbocycles. The Balaban J connectivity index is 1.68. The van der Waals surface area contributed by atoms with Crippen molar-refractivity contribution >= 4 is 23.3 Å². The third-order valence-electron chi connectivity index (χ3n) is 5.37. The van der Waals surface area contributed by atoms with Crippen LogP contribution >= 0.6 is 11.5 Å². The molecule has 0 aliphatic heterocycles. The van der Waals surface area contributed by atoms with E-state index in [4.69, 9.17) is 4.42 Å². The Morgan fingerprint density at radius 3 is 2.60 bits per heavy atom. The van der Waals surface area contributed by atoms with Gasteiger partial charge in [0.2, 0.25) is 5.91 Å². The van der Waals surface area contributed by atoms with E-state index in [1.54, 1.807) is 23.8 Å². The van der Waals surface area contributed by atoms with Crippen molar-refractivity contribution in [2.45, 2.75) is 50.7 Å². The molecule has 1 fully saturated rings. The molecular formula is C22H24N4O3S. The lowest BCUT2D eigenvalue weighted by Crippen LogP contribution is -2.46. The van der Waals surface area contributed by atoms with Gasteiger partial charge in [0.05, 0.1) is 12.8 Å². The summed E-state index contributed by atoms with van der Waals surface area (Å²) < 4.78 is 9.30. The summed E-state index contributed by atoms with van der Waals surface area (Å²) in [6.45, 7) is 0.154. The van der Waals surface area contributed by atoms with Crippen LogP contribution in [0.4, 0.5) is 0 Å². The molecule has 1 atom stereocenters. The maximum atomic E-state index is 13.5. The van der Waals surface area contributed by atoms with Crippen LogP contribution in [-0.4, -0.2) is 32.3 Å². The second kappa shape index (κ2) is 9.67. The molecule has 0 bridgehead atoms. The van der Waals surface area contributed by atoms with Gasteiger partial charge in [-0.25, -0.2) is 0 Å². The molecule has 1 aliphatic carbocycles. The third kappa shape index (κ3) is 4.76. The fourth-order valence-electron chi connectivity index (χ4n) is 3.89. The SMILES string of the molecule is O=C(NC1CCCCC1)[C@H](c1ccccc1)N(Cc1ccco1)C(=O)c1csnn1. The van der Waals surface area contributed by atoms with Crippen molar-refractivity contribution in [1.29, 1.82) is 0 Å². The average molecular weight is 425 g/mol. The minimum Gasteiger partial charge on any atom is -0.467 e. The molecule has 7 nitrogen and oxygen atoms in total. The van der Waals surface area contributed by atoms with Gasteiger partial charge in [-0.2, -0.15) is 0 Å². The van der Waals surface area contributed by atoms with Gasteiger partial charge in [-0.3, -0.25) is 9.59 Å². The summed E-state index contributed by atoms with van der Waals surface area (Å²) in [7, 11) is 0. The van der Waals surface area contributed by atoms with Crippen molar-refractivity contribution in [2.75, 3.05) is 0 Å². The van der Waals surface area contributed by atoms with E-state index in [9.17, 15) is 9.59 Å². The number of nitrogens with zero attached hydrogens (tertiary/aromatic N) is 3. The first-order valence-corrected chi connectivity index (χ1v) is 11.0. The van der Waals surface area contributed by atoms with Crippen LogP contribution in [0.1, 0.15) is 60.0 Å². The van der Waals surface area contributed by atoms with E-state index in [0.29, 0.717) is 5.76 Å². The number of nitrogens with one attached hydrogen (secondary N) is 1. The molecule has 1 N–H and O–H groups in total. The predicted octanol–water partition coefficient (Wildman–Crippen LogP) is 3.96. The van der Waals surface area contributed by atoms with Crippen molar-refractivity contribution in [3.8, 4) is 0 Å². The van der Waals surface area contributed by atoms with Crippen LogP contribution in [-0.2, 0) is 11.3 Å². The van der Waals surface area contributed by atoms with Gasteiger partial charge in [0.1, 0.15) is 11.8 Å². The Bertz CT molecular complexity index is 938.